The third-order valence-electron chi connectivity index (χ3n) is 5.69. The van der Waals surface area contributed by atoms with Crippen LogP contribution in [0.4, 0.5) is 0 Å². The Morgan fingerprint density at radius 3 is 2.42 bits per heavy atom. The van der Waals surface area contributed by atoms with Gasteiger partial charge in [-0.3, -0.25) is 0 Å². The lowest BCUT2D eigenvalue weighted by Gasteiger charge is -2.07. The molecule has 2 heterocycles. The van der Waals surface area contributed by atoms with Gasteiger partial charge in [0.25, 0.3) is 0 Å². The van der Waals surface area contributed by atoms with Crippen LogP contribution in [0.5, 0.6) is 17.2 Å². The summed E-state index contributed by atoms with van der Waals surface area (Å²) < 4.78 is 21.9. The molecule has 0 amide bonds. The normalized spacial score (nSPS) is 15.6. The standard InChI is InChI=1S/C27H31NO5/c1-2-3-4-5-6-7-8-9-16-30-22-13-11-21(12-14-22)26-28-23(27(29)33-26)17-20-10-15-24-25(18-20)32-19-31-24/h10-15,17-18H,2-9,16,19H2,1H3. The number of aliphatic imine (C=N–C) groups is 1. The van der Waals surface area contributed by atoms with E-state index in [-0.39, 0.29) is 12.5 Å². The van der Waals surface area contributed by atoms with Gasteiger partial charge < -0.3 is 18.9 Å². The predicted molar refractivity (Wildman–Crippen MR) is 128 cm³/mol. The molecule has 0 spiro atoms. The highest BCUT2D eigenvalue weighted by Crippen LogP contribution is 2.33. The number of nitrogens with zero attached hydrogens (tertiary/aromatic N) is 1. The first-order chi connectivity index (χ1) is 16.2. The van der Waals surface area contributed by atoms with Crippen LogP contribution in [0.25, 0.3) is 6.08 Å². The topological polar surface area (TPSA) is 66.3 Å². The van der Waals surface area contributed by atoms with E-state index in [4.69, 9.17) is 18.9 Å². The number of carbonyl (C=O) groups is 1. The molecule has 6 nitrogen and oxygen atoms in total. The van der Waals surface area contributed by atoms with Gasteiger partial charge in [0.15, 0.2) is 17.2 Å². The molecular weight excluding hydrogens is 418 g/mol. The summed E-state index contributed by atoms with van der Waals surface area (Å²) in [5.74, 6) is 1.98. The molecule has 2 aromatic carbocycles. The van der Waals surface area contributed by atoms with Crippen molar-refractivity contribution in [3.63, 3.8) is 0 Å². The van der Waals surface area contributed by atoms with Crippen LogP contribution in [0.15, 0.2) is 53.2 Å². The van der Waals surface area contributed by atoms with Crippen molar-refractivity contribution >= 4 is 17.9 Å². The van der Waals surface area contributed by atoms with Crippen LogP contribution in [0.1, 0.15) is 69.4 Å². The summed E-state index contributed by atoms with van der Waals surface area (Å²) in [7, 11) is 0. The summed E-state index contributed by atoms with van der Waals surface area (Å²) in [5.41, 5.74) is 1.77. The van der Waals surface area contributed by atoms with Crippen molar-refractivity contribution in [3.05, 3.63) is 59.3 Å². The first-order valence-electron chi connectivity index (χ1n) is 11.9. The number of benzene rings is 2. The molecule has 0 bridgehead atoms. The Labute approximate surface area is 195 Å². The zero-order chi connectivity index (χ0) is 22.9. The number of carbonyl (C=O) groups excluding carboxylic acids is 1. The van der Waals surface area contributed by atoms with Crippen molar-refractivity contribution in [2.24, 2.45) is 4.99 Å². The highest BCUT2D eigenvalue weighted by molar-refractivity contribution is 6.12. The molecule has 2 aromatic rings. The number of rotatable bonds is 12. The van der Waals surface area contributed by atoms with Crippen molar-refractivity contribution in [2.75, 3.05) is 13.4 Å². The molecule has 2 aliphatic rings. The molecule has 4 rings (SSSR count). The largest absolute Gasteiger partial charge is 0.494 e. The van der Waals surface area contributed by atoms with Crippen LogP contribution in [0.2, 0.25) is 0 Å². The fourth-order valence-electron chi connectivity index (χ4n) is 3.81. The fourth-order valence-corrected chi connectivity index (χ4v) is 3.81. The highest BCUT2D eigenvalue weighted by atomic mass is 16.7. The van der Waals surface area contributed by atoms with Crippen LogP contribution < -0.4 is 14.2 Å². The maximum Gasteiger partial charge on any atom is 0.363 e. The molecular formula is C27H31NO5. The van der Waals surface area contributed by atoms with Crippen molar-refractivity contribution in [1.29, 1.82) is 0 Å². The van der Waals surface area contributed by atoms with Gasteiger partial charge in [-0.15, -0.1) is 0 Å². The van der Waals surface area contributed by atoms with Crippen LogP contribution in [0, 0.1) is 0 Å². The molecule has 0 aliphatic carbocycles. The second-order valence-corrected chi connectivity index (χ2v) is 8.30. The van der Waals surface area contributed by atoms with Crippen molar-refractivity contribution in [2.45, 2.75) is 58.3 Å². The highest BCUT2D eigenvalue weighted by Gasteiger charge is 2.24. The minimum absolute atomic E-state index is 0.207. The van der Waals surface area contributed by atoms with E-state index in [2.05, 4.69) is 11.9 Å². The maximum absolute atomic E-state index is 12.3. The van der Waals surface area contributed by atoms with Gasteiger partial charge in [0.1, 0.15) is 5.75 Å². The van der Waals surface area contributed by atoms with E-state index in [0.717, 1.165) is 23.3 Å². The fraction of sp³-hybridized carbons (Fsp3) is 0.407. The Hall–Kier alpha value is -3.28. The monoisotopic (exact) mass is 449 g/mol. The number of cyclic esters (lactones) is 1. The van der Waals surface area contributed by atoms with Crippen molar-refractivity contribution in [3.8, 4) is 17.2 Å². The molecule has 0 unspecified atom stereocenters. The summed E-state index contributed by atoms with van der Waals surface area (Å²) in [5, 5.41) is 0. The number of hydrogen-bond acceptors (Lipinski definition) is 6. The second-order valence-electron chi connectivity index (χ2n) is 8.30. The quantitative estimate of drug-likeness (QED) is 0.217. The Morgan fingerprint density at radius 2 is 1.64 bits per heavy atom. The van der Waals surface area contributed by atoms with Crippen molar-refractivity contribution < 1.29 is 23.7 Å². The Balaban J connectivity index is 1.26. The average Bonchev–Trinajstić information content (AvgIpc) is 3.44. The maximum atomic E-state index is 12.3. The molecule has 174 valence electrons. The molecule has 0 atom stereocenters. The SMILES string of the molecule is CCCCCCCCCCOc1ccc(C2=NC(=Cc3ccc4c(c3)OCO4)C(=O)O2)cc1. The molecule has 0 aromatic heterocycles. The predicted octanol–water partition coefficient (Wildman–Crippen LogP) is 6.28. The summed E-state index contributed by atoms with van der Waals surface area (Å²) >= 11 is 0. The molecule has 0 fully saturated rings. The summed E-state index contributed by atoms with van der Waals surface area (Å²) in [6.07, 6.45) is 11.9. The lowest BCUT2D eigenvalue weighted by atomic mass is 10.1. The Bertz CT molecular complexity index is 1010. The molecule has 0 saturated carbocycles. The minimum Gasteiger partial charge on any atom is -0.494 e. The first-order valence-corrected chi connectivity index (χ1v) is 11.9. The van der Waals surface area contributed by atoms with E-state index in [1.165, 1.54) is 44.9 Å². The first kappa shape index (κ1) is 22.9. The van der Waals surface area contributed by atoms with Gasteiger partial charge in [-0.05, 0) is 54.5 Å². The van der Waals surface area contributed by atoms with E-state index in [1.807, 2.05) is 42.5 Å². The van der Waals surface area contributed by atoms with Gasteiger partial charge >= 0.3 is 5.97 Å². The van der Waals surface area contributed by atoms with Crippen molar-refractivity contribution in [1.82, 2.24) is 0 Å². The van der Waals surface area contributed by atoms with Crippen LogP contribution >= 0.6 is 0 Å². The summed E-state index contributed by atoms with van der Waals surface area (Å²) in [6, 6.07) is 13.0. The summed E-state index contributed by atoms with van der Waals surface area (Å²) in [4.78, 5) is 16.7. The smallest absolute Gasteiger partial charge is 0.363 e. The molecule has 6 heteroatoms. The molecule has 0 radical (unpaired) electrons. The average molecular weight is 450 g/mol. The van der Waals surface area contributed by atoms with Gasteiger partial charge in [-0.2, -0.15) is 0 Å². The van der Waals surface area contributed by atoms with Gasteiger partial charge in [-0.25, -0.2) is 9.79 Å². The second kappa shape index (κ2) is 11.5. The zero-order valence-electron chi connectivity index (χ0n) is 19.2. The number of esters is 1. The lowest BCUT2D eigenvalue weighted by molar-refractivity contribution is -0.129. The van der Waals surface area contributed by atoms with E-state index < -0.39 is 5.97 Å². The minimum atomic E-state index is -0.474. The number of unbranched alkanes of at least 4 members (excludes halogenated alkanes) is 7. The number of fused-ring (bicyclic) bond motifs is 1. The zero-order valence-corrected chi connectivity index (χ0v) is 19.2. The Kier molecular flexibility index (Phi) is 8.01. The van der Waals surface area contributed by atoms with Crippen LogP contribution in [-0.4, -0.2) is 25.3 Å². The molecule has 0 saturated heterocycles. The van der Waals surface area contributed by atoms with E-state index in [0.29, 0.717) is 24.0 Å². The lowest BCUT2D eigenvalue weighted by Crippen LogP contribution is -2.05. The van der Waals surface area contributed by atoms with Gasteiger partial charge in [-0.1, -0.05) is 57.9 Å². The third-order valence-corrected chi connectivity index (χ3v) is 5.69. The molecule has 33 heavy (non-hydrogen) atoms. The van der Waals surface area contributed by atoms with E-state index >= 15 is 0 Å². The number of ether oxygens (including phenoxy) is 4. The Morgan fingerprint density at radius 1 is 0.909 bits per heavy atom. The molecule has 2 aliphatic heterocycles. The third kappa shape index (κ3) is 6.37. The van der Waals surface area contributed by atoms with E-state index in [9.17, 15) is 4.79 Å². The van der Waals surface area contributed by atoms with Gasteiger partial charge in [0.2, 0.25) is 12.7 Å². The van der Waals surface area contributed by atoms with Gasteiger partial charge in [0.05, 0.1) is 6.61 Å². The van der Waals surface area contributed by atoms with Gasteiger partial charge in [0, 0.05) is 5.56 Å². The molecule has 0 N–H and O–H groups in total. The van der Waals surface area contributed by atoms with Crippen LogP contribution in [0.3, 0.4) is 0 Å². The van der Waals surface area contributed by atoms with Crippen LogP contribution in [-0.2, 0) is 9.53 Å². The number of hydrogen-bond donors (Lipinski definition) is 0. The summed E-state index contributed by atoms with van der Waals surface area (Å²) in [6.45, 7) is 3.17. The van der Waals surface area contributed by atoms with E-state index in [1.54, 1.807) is 6.08 Å².